The van der Waals surface area contributed by atoms with E-state index in [1.165, 1.54) is 0 Å². The molecule has 0 aromatic heterocycles. The zero-order chi connectivity index (χ0) is 12.5. The van der Waals surface area contributed by atoms with Crippen LogP contribution >= 0.6 is 7.82 Å². The quantitative estimate of drug-likeness (QED) is 0.218. The summed E-state index contributed by atoms with van der Waals surface area (Å²) in [7, 11) is -5.02. The summed E-state index contributed by atoms with van der Waals surface area (Å²) in [5, 5.41) is 26.9. The van der Waals surface area contributed by atoms with Gasteiger partial charge in [-0.25, -0.2) is 9.36 Å². The maximum Gasteiger partial charge on any atom is 0.525 e. The number of hydrogen-bond acceptors (Lipinski definition) is 7. The molecule has 1 aliphatic rings. The molecule has 1 heterocycles. The Kier molecular flexibility index (Phi) is 5.88. The van der Waals surface area contributed by atoms with Crippen molar-refractivity contribution < 1.29 is 43.7 Å². The van der Waals surface area contributed by atoms with E-state index in [9.17, 15) is 14.5 Å². The van der Waals surface area contributed by atoms with Crippen molar-refractivity contribution in [1.29, 1.82) is 0 Å². The molecule has 2 atom stereocenters. The fraction of sp³-hybridized carbons (Fsp3) is 0.500. The minimum Gasteiger partial charge on any atom is -0.505 e. The smallest absolute Gasteiger partial charge is 0.505 e. The number of hydrogen-bond donors (Lipinski definition) is 5. The van der Waals surface area contributed by atoms with E-state index in [1.54, 1.807) is 0 Å². The zero-order valence-electron chi connectivity index (χ0n) is 8.39. The van der Waals surface area contributed by atoms with Crippen molar-refractivity contribution in [2.75, 3.05) is 6.61 Å². The molecular weight excluding hydrogens is 271 g/mol. The van der Waals surface area contributed by atoms with Crippen molar-refractivity contribution in [2.24, 2.45) is 0 Å². The molecule has 0 fully saturated rings. The van der Waals surface area contributed by atoms with Gasteiger partial charge < -0.3 is 24.6 Å². The standard InChI is InChI=1S/C6H9O9P.Mg/c7-1-2(8)4-3(9)5(6(10)14-4)15-16(11,12)13;/h2,4,7-9H,1H2,(H2,11,12,13);/t2-,4+;/m0./s1. The van der Waals surface area contributed by atoms with Gasteiger partial charge in [0.15, 0.2) is 11.9 Å². The number of carbonyl (C=O) groups is 1. The lowest BCUT2D eigenvalue weighted by Gasteiger charge is -2.13. The van der Waals surface area contributed by atoms with Gasteiger partial charge in [-0.15, -0.1) is 0 Å². The van der Waals surface area contributed by atoms with E-state index in [0.717, 1.165) is 0 Å². The maximum absolute atomic E-state index is 11.0. The van der Waals surface area contributed by atoms with Gasteiger partial charge in [0.05, 0.1) is 6.61 Å². The Morgan fingerprint density at radius 3 is 2.41 bits per heavy atom. The van der Waals surface area contributed by atoms with Crippen LogP contribution in [0.4, 0.5) is 0 Å². The molecule has 1 rings (SSSR count). The molecule has 5 N–H and O–H groups in total. The van der Waals surface area contributed by atoms with Gasteiger partial charge in [-0.2, -0.15) is 0 Å². The first-order chi connectivity index (χ1) is 7.26. The molecule has 94 valence electrons. The van der Waals surface area contributed by atoms with Crippen LogP contribution in [0.25, 0.3) is 0 Å². The zero-order valence-corrected chi connectivity index (χ0v) is 10.7. The van der Waals surface area contributed by atoms with Crippen molar-refractivity contribution >= 4 is 36.8 Å². The molecule has 0 saturated carbocycles. The first-order valence-electron chi connectivity index (χ1n) is 3.94. The largest absolute Gasteiger partial charge is 0.525 e. The van der Waals surface area contributed by atoms with Crippen LogP contribution in [-0.4, -0.2) is 72.9 Å². The van der Waals surface area contributed by atoms with Crippen molar-refractivity contribution in [3.63, 3.8) is 0 Å². The minimum absolute atomic E-state index is 0. The van der Waals surface area contributed by atoms with Crippen molar-refractivity contribution in [1.82, 2.24) is 0 Å². The van der Waals surface area contributed by atoms with Crippen molar-refractivity contribution in [3.05, 3.63) is 11.5 Å². The molecular formula is C6H9MgO9P. The predicted octanol–water partition coefficient (Wildman–Crippen LogP) is -2.24. The Balaban J connectivity index is 0.00000256. The summed E-state index contributed by atoms with van der Waals surface area (Å²) in [5.41, 5.74) is 0. The highest BCUT2D eigenvalue weighted by Gasteiger charge is 2.42. The first-order valence-corrected chi connectivity index (χ1v) is 5.47. The monoisotopic (exact) mass is 280 g/mol. The molecule has 0 aromatic carbocycles. The first kappa shape index (κ1) is 16.6. The number of ether oxygens (including phenoxy) is 1. The second-order valence-corrected chi connectivity index (χ2v) is 4.04. The number of phosphoric acid groups is 1. The third-order valence-corrected chi connectivity index (χ3v) is 2.09. The average Bonchev–Trinajstić information content (AvgIpc) is 2.42. The molecule has 17 heavy (non-hydrogen) atoms. The number of esters is 1. The highest BCUT2D eigenvalue weighted by atomic mass is 31.2. The van der Waals surface area contributed by atoms with Gasteiger partial charge in [-0.05, 0) is 0 Å². The van der Waals surface area contributed by atoms with Gasteiger partial charge in [0.2, 0.25) is 0 Å². The summed E-state index contributed by atoms with van der Waals surface area (Å²) in [6, 6.07) is 0. The van der Waals surface area contributed by atoms with E-state index < -0.39 is 44.1 Å². The Morgan fingerprint density at radius 1 is 1.47 bits per heavy atom. The van der Waals surface area contributed by atoms with Gasteiger partial charge in [-0.1, -0.05) is 0 Å². The van der Waals surface area contributed by atoms with Gasteiger partial charge in [-0.3, -0.25) is 9.79 Å². The fourth-order valence-electron chi connectivity index (χ4n) is 1.02. The lowest BCUT2D eigenvalue weighted by molar-refractivity contribution is -0.147. The third-order valence-electron chi connectivity index (χ3n) is 1.67. The summed E-state index contributed by atoms with van der Waals surface area (Å²) < 4.78 is 18.7. The second-order valence-electron chi connectivity index (χ2n) is 2.87. The van der Waals surface area contributed by atoms with Crippen LogP contribution in [0.5, 0.6) is 0 Å². The molecule has 11 heteroatoms. The van der Waals surface area contributed by atoms with Crippen molar-refractivity contribution in [3.8, 4) is 0 Å². The number of rotatable bonds is 4. The molecule has 0 amide bonds. The molecule has 0 aliphatic carbocycles. The van der Waals surface area contributed by atoms with Crippen LogP contribution in [0.3, 0.4) is 0 Å². The summed E-state index contributed by atoms with van der Waals surface area (Å²) in [6.45, 7) is -0.814. The van der Waals surface area contributed by atoms with Crippen LogP contribution in [0.2, 0.25) is 0 Å². The lowest BCUT2D eigenvalue weighted by atomic mass is 10.2. The summed E-state index contributed by atoms with van der Waals surface area (Å²) in [4.78, 5) is 27.8. The Bertz CT molecular complexity index is 374. The second kappa shape index (κ2) is 6.00. The van der Waals surface area contributed by atoms with E-state index in [2.05, 4.69) is 9.26 Å². The topological polar surface area (TPSA) is 154 Å². The molecule has 0 spiro atoms. The average molecular weight is 280 g/mol. The number of cyclic esters (lactones) is 1. The van der Waals surface area contributed by atoms with Gasteiger partial charge in [0, 0.05) is 23.1 Å². The maximum atomic E-state index is 11.0. The number of carbonyl (C=O) groups excluding carboxylic acids is 1. The Labute approximate surface area is 111 Å². The Hall–Kier alpha value is -0.354. The summed E-state index contributed by atoms with van der Waals surface area (Å²) in [6.07, 6.45) is -3.21. The van der Waals surface area contributed by atoms with Crippen LogP contribution in [0, 0.1) is 0 Å². The summed E-state index contributed by atoms with van der Waals surface area (Å²) >= 11 is 0. The van der Waals surface area contributed by atoms with Crippen LogP contribution in [0.15, 0.2) is 11.5 Å². The lowest BCUT2D eigenvalue weighted by Crippen LogP contribution is -2.31. The van der Waals surface area contributed by atoms with E-state index in [4.69, 9.17) is 20.0 Å². The van der Waals surface area contributed by atoms with E-state index in [0.29, 0.717) is 0 Å². The van der Waals surface area contributed by atoms with E-state index in [1.807, 2.05) is 0 Å². The van der Waals surface area contributed by atoms with Crippen LogP contribution in [-0.2, 0) is 18.6 Å². The molecule has 1 aliphatic heterocycles. The van der Waals surface area contributed by atoms with E-state index in [-0.39, 0.29) is 23.1 Å². The highest BCUT2D eigenvalue weighted by Crippen LogP contribution is 2.42. The summed E-state index contributed by atoms with van der Waals surface area (Å²) in [5.74, 6) is -3.39. The Morgan fingerprint density at radius 2 is 2.00 bits per heavy atom. The molecule has 9 nitrogen and oxygen atoms in total. The molecule has 2 radical (unpaired) electrons. The van der Waals surface area contributed by atoms with Gasteiger partial charge in [0.1, 0.15) is 6.10 Å². The third kappa shape index (κ3) is 4.10. The van der Waals surface area contributed by atoms with E-state index >= 15 is 0 Å². The van der Waals surface area contributed by atoms with Crippen LogP contribution < -0.4 is 0 Å². The molecule has 0 bridgehead atoms. The highest BCUT2D eigenvalue weighted by molar-refractivity contribution is 7.46. The number of phosphoric ester groups is 1. The van der Waals surface area contributed by atoms with Gasteiger partial charge >= 0.3 is 13.8 Å². The molecule has 0 saturated heterocycles. The molecule has 0 unspecified atom stereocenters. The number of aliphatic hydroxyl groups is 3. The number of aliphatic hydroxyl groups excluding tert-OH is 3. The predicted molar refractivity (Wildman–Crippen MR) is 51.5 cm³/mol. The van der Waals surface area contributed by atoms with Crippen LogP contribution in [0.1, 0.15) is 0 Å². The molecule has 0 aromatic rings. The minimum atomic E-state index is -5.02. The van der Waals surface area contributed by atoms with Crippen molar-refractivity contribution in [2.45, 2.75) is 12.2 Å². The SMILES string of the molecule is O=C1O[C@H]([C@@H](O)CO)C(O)=C1OP(=O)(O)O.[Mg]. The fourth-order valence-corrected chi connectivity index (χ4v) is 1.42. The normalized spacial score (nSPS) is 21.9. The van der Waals surface area contributed by atoms with Gasteiger partial charge in [0.25, 0.3) is 5.76 Å².